The molecule has 0 saturated carbocycles. The zero-order valence-electron chi connectivity index (χ0n) is 9.63. The Morgan fingerprint density at radius 2 is 2.33 bits per heavy atom. The molecule has 2 N–H and O–H groups in total. The standard InChI is InChI=1S/C11H19N3O/c1-8(2)11(15)12-6-4-5-10-7-13-14-9(10)3/h7-8H,4-6H2,1-3H3,(H,12,15)(H,13,14). The predicted molar refractivity (Wildman–Crippen MR) is 59.5 cm³/mol. The van der Waals surface area contributed by atoms with Crippen molar-refractivity contribution in [2.75, 3.05) is 6.54 Å². The van der Waals surface area contributed by atoms with E-state index in [0.29, 0.717) is 0 Å². The van der Waals surface area contributed by atoms with Crippen LogP contribution in [0.15, 0.2) is 6.20 Å². The lowest BCUT2D eigenvalue weighted by Gasteiger charge is -2.06. The fourth-order valence-corrected chi connectivity index (χ4v) is 1.32. The van der Waals surface area contributed by atoms with E-state index in [1.54, 1.807) is 0 Å². The van der Waals surface area contributed by atoms with Gasteiger partial charge in [-0.2, -0.15) is 5.10 Å². The number of carbonyl (C=O) groups is 1. The molecule has 0 aliphatic rings. The summed E-state index contributed by atoms with van der Waals surface area (Å²) in [5, 5.41) is 9.75. The summed E-state index contributed by atoms with van der Waals surface area (Å²) in [4.78, 5) is 11.2. The Hall–Kier alpha value is -1.32. The average Bonchev–Trinajstić information content (AvgIpc) is 2.58. The van der Waals surface area contributed by atoms with Gasteiger partial charge in [0.15, 0.2) is 0 Å². The summed E-state index contributed by atoms with van der Waals surface area (Å²) in [5.41, 5.74) is 2.35. The summed E-state index contributed by atoms with van der Waals surface area (Å²) < 4.78 is 0. The molecule has 0 atom stereocenters. The van der Waals surface area contributed by atoms with Gasteiger partial charge in [0.1, 0.15) is 0 Å². The van der Waals surface area contributed by atoms with Gasteiger partial charge >= 0.3 is 0 Å². The van der Waals surface area contributed by atoms with Crippen LogP contribution in [0.25, 0.3) is 0 Å². The molecule has 4 nitrogen and oxygen atoms in total. The number of aryl methyl sites for hydroxylation is 2. The molecule has 0 spiro atoms. The molecule has 0 unspecified atom stereocenters. The van der Waals surface area contributed by atoms with Crippen LogP contribution in [-0.2, 0) is 11.2 Å². The fraction of sp³-hybridized carbons (Fsp3) is 0.636. The van der Waals surface area contributed by atoms with Crippen LogP contribution in [0.5, 0.6) is 0 Å². The molecule has 0 aromatic carbocycles. The average molecular weight is 209 g/mol. The van der Waals surface area contributed by atoms with Gasteiger partial charge in [0.05, 0.1) is 6.20 Å². The quantitative estimate of drug-likeness (QED) is 0.721. The van der Waals surface area contributed by atoms with Crippen LogP contribution >= 0.6 is 0 Å². The zero-order valence-corrected chi connectivity index (χ0v) is 9.63. The third kappa shape index (κ3) is 3.73. The molecular formula is C11H19N3O. The molecule has 0 saturated heterocycles. The van der Waals surface area contributed by atoms with Crippen LogP contribution in [0.2, 0.25) is 0 Å². The van der Waals surface area contributed by atoms with Crippen molar-refractivity contribution in [3.8, 4) is 0 Å². The molecule has 1 heterocycles. The minimum Gasteiger partial charge on any atom is -0.356 e. The maximum Gasteiger partial charge on any atom is 0.222 e. The lowest BCUT2D eigenvalue weighted by molar-refractivity contribution is -0.123. The number of carbonyl (C=O) groups excluding carboxylic acids is 1. The smallest absolute Gasteiger partial charge is 0.222 e. The number of nitrogens with zero attached hydrogens (tertiary/aromatic N) is 1. The van der Waals surface area contributed by atoms with Gasteiger partial charge in [0.2, 0.25) is 5.91 Å². The van der Waals surface area contributed by atoms with Crippen LogP contribution in [0.4, 0.5) is 0 Å². The molecule has 84 valence electrons. The molecular weight excluding hydrogens is 190 g/mol. The van der Waals surface area contributed by atoms with Gasteiger partial charge in [-0.1, -0.05) is 13.8 Å². The molecule has 1 rings (SSSR count). The van der Waals surface area contributed by atoms with Crippen molar-refractivity contribution in [3.05, 3.63) is 17.5 Å². The van der Waals surface area contributed by atoms with E-state index < -0.39 is 0 Å². The first-order chi connectivity index (χ1) is 7.11. The first-order valence-electron chi connectivity index (χ1n) is 5.38. The maximum atomic E-state index is 11.2. The van der Waals surface area contributed by atoms with Gasteiger partial charge in [0.25, 0.3) is 0 Å². The molecule has 0 aliphatic carbocycles. The fourth-order valence-electron chi connectivity index (χ4n) is 1.32. The highest BCUT2D eigenvalue weighted by Crippen LogP contribution is 2.05. The zero-order chi connectivity index (χ0) is 11.3. The third-order valence-corrected chi connectivity index (χ3v) is 2.38. The highest BCUT2D eigenvalue weighted by atomic mass is 16.1. The van der Waals surface area contributed by atoms with Gasteiger partial charge in [-0.15, -0.1) is 0 Å². The third-order valence-electron chi connectivity index (χ3n) is 2.38. The van der Waals surface area contributed by atoms with Crippen LogP contribution in [0, 0.1) is 12.8 Å². The normalized spacial score (nSPS) is 10.7. The van der Waals surface area contributed by atoms with Crippen LogP contribution in [-0.4, -0.2) is 22.6 Å². The number of aromatic nitrogens is 2. The first-order valence-corrected chi connectivity index (χ1v) is 5.38. The van der Waals surface area contributed by atoms with Crippen molar-refractivity contribution in [3.63, 3.8) is 0 Å². The Morgan fingerprint density at radius 1 is 1.60 bits per heavy atom. The molecule has 0 bridgehead atoms. The van der Waals surface area contributed by atoms with E-state index in [2.05, 4.69) is 15.5 Å². The number of hydrogen-bond acceptors (Lipinski definition) is 2. The van der Waals surface area contributed by atoms with Gasteiger partial charge in [0, 0.05) is 18.2 Å². The van der Waals surface area contributed by atoms with Gasteiger partial charge in [-0.05, 0) is 25.3 Å². The highest BCUT2D eigenvalue weighted by Gasteiger charge is 2.05. The highest BCUT2D eigenvalue weighted by molar-refractivity contribution is 5.77. The van der Waals surface area contributed by atoms with Crippen LogP contribution < -0.4 is 5.32 Å². The predicted octanol–water partition coefficient (Wildman–Crippen LogP) is 1.42. The number of aromatic amines is 1. The van der Waals surface area contributed by atoms with E-state index >= 15 is 0 Å². The van der Waals surface area contributed by atoms with E-state index in [1.807, 2.05) is 27.0 Å². The molecule has 1 amide bonds. The number of rotatable bonds is 5. The van der Waals surface area contributed by atoms with Crippen molar-refractivity contribution >= 4 is 5.91 Å². The first kappa shape index (κ1) is 11.8. The van der Waals surface area contributed by atoms with Gasteiger partial charge in [-0.25, -0.2) is 0 Å². The molecule has 1 aromatic heterocycles. The van der Waals surface area contributed by atoms with Crippen molar-refractivity contribution in [1.82, 2.24) is 15.5 Å². The van der Waals surface area contributed by atoms with Gasteiger partial charge in [-0.3, -0.25) is 9.89 Å². The van der Waals surface area contributed by atoms with E-state index in [1.165, 1.54) is 5.56 Å². The summed E-state index contributed by atoms with van der Waals surface area (Å²) in [7, 11) is 0. The van der Waals surface area contributed by atoms with Crippen molar-refractivity contribution in [1.29, 1.82) is 0 Å². The lowest BCUT2D eigenvalue weighted by atomic mass is 10.1. The van der Waals surface area contributed by atoms with Crippen molar-refractivity contribution in [2.45, 2.75) is 33.6 Å². The summed E-state index contributed by atoms with van der Waals surface area (Å²) in [5.74, 6) is 0.194. The van der Waals surface area contributed by atoms with Gasteiger partial charge < -0.3 is 5.32 Å². The van der Waals surface area contributed by atoms with E-state index in [4.69, 9.17) is 0 Å². The number of amides is 1. The summed E-state index contributed by atoms with van der Waals surface area (Å²) in [6.07, 6.45) is 3.76. The van der Waals surface area contributed by atoms with E-state index in [-0.39, 0.29) is 11.8 Å². The minimum atomic E-state index is 0.0701. The van der Waals surface area contributed by atoms with Crippen LogP contribution in [0.1, 0.15) is 31.5 Å². The SMILES string of the molecule is Cc1[nH]ncc1CCCNC(=O)C(C)C. The van der Waals surface area contributed by atoms with Crippen LogP contribution in [0.3, 0.4) is 0 Å². The number of nitrogens with one attached hydrogen (secondary N) is 2. The van der Waals surface area contributed by atoms with E-state index in [0.717, 1.165) is 25.1 Å². The molecule has 4 heteroatoms. The van der Waals surface area contributed by atoms with Crippen molar-refractivity contribution < 1.29 is 4.79 Å². The Kier molecular flexibility index (Phi) is 4.34. The summed E-state index contributed by atoms with van der Waals surface area (Å²) in [6.45, 7) is 6.54. The number of H-pyrrole nitrogens is 1. The minimum absolute atomic E-state index is 0.0701. The molecule has 0 aliphatic heterocycles. The lowest BCUT2D eigenvalue weighted by Crippen LogP contribution is -2.28. The number of hydrogen-bond donors (Lipinski definition) is 2. The van der Waals surface area contributed by atoms with E-state index in [9.17, 15) is 4.79 Å². The molecule has 15 heavy (non-hydrogen) atoms. The topological polar surface area (TPSA) is 57.8 Å². The Labute approximate surface area is 90.5 Å². The largest absolute Gasteiger partial charge is 0.356 e. The Morgan fingerprint density at radius 3 is 2.87 bits per heavy atom. The van der Waals surface area contributed by atoms with Crippen molar-refractivity contribution in [2.24, 2.45) is 5.92 Å². The monoisotopic (exact) mass is 209 g/mol. The molecule has 1 aromatic rings. The second-order valence-corrected chi connectivity index (χ2v) is 4.07. The maximum absolute atomic E-state index is 11.2. The summed E-state index contributed by atoms with van der Waals surface area (Å²) >= 11 is 0. The molecule has 0 radical (unpaired) electrons. The molecule has 0 fully saturated rings. The second-order valence-electron chi connectivity index (χ2n) is 4.07. The Balaban J connectivity index is 2.18. The second kappa shape index (κ2) is 5.53. The Bertz CT molecular complexity index is 317. The summed E-state index contributed by atoms with van der Waals surface area (Å²) in [6, 6.07) is 0.